The number of morpholine rings is 1. The third kappa shape index (κ3) is 6.64. The summed E-state index contributed by atoms with van der Waals surface area (Å²) in [5.41, 5.74) is 3.27. The minimum Gasteiger partial charge on any atom is -0.508 e. The number of aromatic hydroxyl groups is 1. The van der Waals surface area contributed by atoms with Gasteiger partial charge in [-0.15, -0.1) is 0 Å². The van der Waals surface area contributed by atoms with E-state index in [1.807, 2.05) is 108 Å². The topological polar surface area (TPSA) is 137 Å². The van der Waals surface area contributed by atoms with Crippen LogP contribution in [0.5, 0.6) is 11.5 Å². The molecule has 3 aliphatic heterocycles. The number of phenols is 1. The Balaban J connectivity index is 1.27. The quantitative estimate of drug-likeness (QED) is 0.0963. The molecule has 6 aromatic rings. The van der Waals surface area contributed by atoms with Crippen molar-refractivity contribution in [2.24, 2.45) is 5.92 Å². The van der Waals surface area contributed by atoms with Gasteiger partial charge in [0.05, 0.1) is 31.2 Å². The van der Waals surface area contributed by atoms with Crippen LogP contribution in [0.1, 0.15) is 63.2 Å². The highest BCUT2D eigenvalue weighted by Crippen LogP contribution is 2.64. The highest BCUT2D eigenvalue weighted by atomic mass is 16.6. The van der Waals surface area contributed by atoms with Crippen molar-refractivity contribution in [3.05, 3.63) is 197 Å². The van der Waals surface area contributed by atoms with Crippen LogP contribution in [0.3, 0.4) is 0 Å². The van der Waals surface area contributed by atoms with Gasteiger partial charge in [-0.3, -0.25) is 19.3 Å². The number of hydrogen-bond donors (Lipinski definition) is 4. The number of esters is 1. The van der Waals surface area contributed by atoms with Gasteiger partial charge in [0.1, 0.15) is 29.1 Å². The van der Waals surface area contributed by atoms with Crippen LogP contribution in [0.4, 0.5) is 5.69 Å². The van der Waals surface area contributed by atoms with Crippen LogP contribution in [0.15, 0.2) is 158 Å². The largest absolute Gasteiger partial charge is 0.508 e. The molecule has 0 aromatic heterocycles. The molecule has 9 rings (SSSR count). The molecule has 2 amide bonds. The molecule has 3 heterocycles. The van der Waals surface area contributed by atoms with Crippen LogP contribution in [-0.4, -0.2) is 52.6 Å². The van der Waals surface area contributed by atoms with Gasteiger partial charge in [0.2, 0.25) is 11.8 Å². The van der Waals surface area contributed by atoms with Gasteiger partial charge in [0, 0.05) is 23.4 Å². The smallest absolute Gasteiger partial charge is 0.324 e. The average Bonchev–Trinajstić information content (AvgIpc) is 3.77. The number of benzene rings is 6. The number of cyclic esters (lactones) is 1. The monoisotopic (exact) mass is 795 g/mol. The highest BCUT2D eigenvalue weighted by molar-refractivity contribution is 6.12. The van der Waals surface area contributed by atoms with Crippen molar-refractivity contribution in [2.45, 2.75) is 35.7 Å². The van der Waals surface area contributed by atoms with Crippen molar-refractivity contribution in [2.75, 3.05) is 19.0 Å². The van der Waals surface area contributed by atoms with E-state index in [0.717, 1.165) is 16.7 Å². The summed E-state index contributed by atoms with van der Waals surface area (Å²) in [4.78, 5) is 47.6. The van der Waals surface area contributed by atoms with Crippen LogP contribution in [0.2, 0.25) is 0 Å². The molecule has 0 radical (unpaired) electrons. The molecular formula is C50H41N3O7. The summed E-state index contributed by atoms with van der Waals surface area (Å²) < 4.78 is 11.8. The minimum atomic E-state index is -1.76. The maximum atomic E-state index is 15.4. The number of nitrogens with zero attached hydrogens (tertiary/aromatic N) is 1. The molecule has 2 fully saturated rings. The predicted octanol–water partition coefficient (Wildman–Crippen LogP) is 6.92. The Morgan fingerprint density at radius 3 is 2.07 bits per heavy atom. The van der Waals surface area contributed by atoms with Gasteiger partial charge >= 0.3 is 5.97 Å². The standard InChI is InChI=1S/C50H41N3O7/c1-59-38-26-19-31(20-27-38)17-18-32-21-28-40-39(29-32)50(49(58)52-40)42(47(56)51-30-41(55)33-11-5-2-6-12-33)44-48(57)60-45(35-15-9-4-10-16-35)43(34-13-7-3-8-14-34)53(44)46(50)36-22-24-37(54)25-23-36/h2-16,19-29,41-46,54-55H,30H2,1H3,(H,51,56)(H,52,58)/t41-,42-,43?,44-,45+,46+,50-/m0/s1. The lowest BCUT2D eigenvalue weighted by Gasteiger charge is -2.46. The van der Waals surface area contributed by atoms with E-state index in [0.29, 0.717) is 33.7 Å². The SMILES string of the molecule is COc1ccc(C#Cc2ccc3c(c2)[C@]2(C(=O)N3)[C@H](C(=O)NC[C@H](O)c3ccccc3)[C@H]3C(=O)O[C@H](c4ccccc4)C(c4ccccc4)N3[C@@H]2c2ccc(O)cc2)cc1. The van der Waals surface area contributed by atoms with Gasteiger partial charge in [0.15, 0.2) is 0 Å². The van der Waals surface area contributed by atoms with Crippen LogP contribution in [0, 0.1) is 17.8 Å². The first-order valence-electron chi connectivity index (χ1n) is 19.8. The number of hydrogen-bond acceptors (Lipinski definition) is 8. The van der Waals surface area contributed by atoms with Crippen molar-refractivity contribution >= 4 is 23.5 Å². The Hall–Kier alpha value is -7.19. The lowest BCUT2D eigenvalue weighted by molar-refractivity contribution is -0.178. The van der Waals surface area contributed by atoms with Crippen molar-refractivity contribution in [3.8, 4) is 23.3 Å². The number of nitrogens with one attached hydrogen (secondary N) is 2. The van der Waals surface area contributed by atoms with Crippen molar-refractivity contribution in [1.29, 1.82) is 0 Å². The van der Waals surface area contributed by atoms with E-state index in [2.05, 4.69) is 22.5 Å². The predicted molar refractivity (Wildman–Crippen MR) is 225 cm³/mol. The summed E-state index contributed by atoms with van der Waals surface area (Å²) in [6.07, 6.45) is -1.90. The molecule has 0 aliphatic carbocycles. The van der Waals surface area contributed by atoms with E-state index in [4.69, 9.17) is 9.47 Å². The summed E-state index contributed by atoms with van der Waals surface area (Å²) in [7, 11) is 1.60. The van der Waals surface area contributed by atoms with Gasteiger partial charge in [-0.2, -0.15) is 0 Å². The first-order valence-corrected chi connectivity index (χ1v) is 19.8. The normalized spacial score (nSPS) is 23.3. The van der Waals surface area contributed by atoms with Crippen molar-refractivity contribution in [3.63, 3.8) is 0 Å². The summed E-state index contributed by atoms with van der Waals surface area (Å²) in [6, 6.07) is 44.4. The fourth-order valence-electron chi connectivity index (χ4n) is 9.25. The molecule has 1 spiro atoms. The lowest BCUT2D eigenvalue weighted by atomic mass is 9.65. The van der Waals surface area contributed by atoms with Gasteiger partial charge < -0.3 is 30.3 Å². The molecule has 2 saturated heterocycles. The zero-order valence-electron chi connectivity index (χ0n) is 32.6. The summed E-state index contributed by atoms with van der Waals surface area (Å²) in [5.74, 6) is 4.03. The summed E-state index contributed by atoms with van der Waals surface area (Å²) >= 11 is 0. The van der Waals surface area contributed by atoms with Crippen LogP contribution < -0.4 is 15.4 Å². The number of ether oxygens (including phenoxy) is 2. The number of methoxy groups -OCH3 is 1. The number of fused-ring (bicyclic) bond motifs is 3. The Morgan fingerprint density at radius 2 is 1.40 bits per heavy atom. The molecular weight excluding hydrogens is 755 g/mol. The number of phenolic OH excluding ortho intramolecular Hbond substituents is 1. The van der Waals surface area contributed by atoms with Crippen LogP contribution in [0.25, 0.3) is 0 Å². The van der Waals surface area contributed by atoms with E-state index >= 15 is 9.59 Å². The molecule has 6 aromatic carbocycles. The first kappa shape index (κ1) is 38.3. The minimum absolute atomic E-state index is 0.0127. The average molecular weight is 796 g/mol. The molecule has 7 atom stereocenters. The molecule has 60 heavy (non-hydrogen) atoms. The van der Waals surface area contributed by atoms with Gasteiger partial charge in [0.25, 0.3) is 0 Å². The van der Waals surface area contributed by atoms with E-state index in [1.165, 1.54) is 0 Å². The van der Waals surface area contributed by atoms with Gasteiger partial charge in [-0.25, -0.2) is 0 Å². The zero-order valence-corrected chi connectivity index (χ0v) is 32.6. The second kappa shape index (κ2) is 15.9. The van der Waals surface area contributed by atoms with Gasteiger partial charge in [-0.05, 0) is 82.4 Å². The first-order chi connectivity index (χ1) is 29.3. The number of aliphatic hydroxyl groups is 1. The molecule has 1 unspecified atom stereocenters. The maximum absolute atomic E-state index is 15.4. The third-order valence-corrected chi connectivity index (χ3v) is 11.9. The summed E-state index contributed by atoms with van der Waals surface area (Å²) in [6.45, 7) is -0.183. The van der Waals surface area contributed by atoms with E-state index < -0.39 is 59.5 Å². The molecule has 10 nitrogen and oxygen atoms in total. The second-order valence-corrected chi connectivity index (χ2v) is 15.2. The number of aliphatic hydroxyl groups excluding tert-OH is 1. The number of rotatable bonds is 8. The van der Waals surface area contributed by atoms with Crippen molar-refractivity contribution < 1.29 is 34.1 Å². The Morgan fingerprint density at radius 1 is 0.783 bits per heavy atom. The lowest BCUT2D eigenvalue weighted by Crippen LogP contribution is -2.55. The number of amides is 2. The Bertz CT molecular complexity index is 2610. The highest BCUT2D eigenvalue weighted by Gasteiger charge is 2.74. The Kier molecular flexibility index (Phi) is 10.1. The van der Waals surface area contributed by atoms with Crippen LogP contribution >= 0.6 is 0 Å². The summed E-state index contributed by atoms with van der Waals surface area (Å²) in [5, 5.41) is 27.8. The maximum Gasteiger partial charge on any atom is 0.324 e. The fraction of sp³-hybridized carbons (Fsp3) is 0.180. The number of carbonyl (C=O) groups is 3. The molecule has 10 heteroatoms. The third-order valence-electron chi connectivity index (χ3n) is 11.9. The number of anilines is 1. The van der Waals surface area contributed by atoms with Gasteiger partial charge in [-0.1, -0.05) is 115 Å². The fourth-order valence-corrected chi connectivity index (χ4v) is 9.25. The molecule has 298 valence electrons. The Labute approximate surface area is 347 Å². The second-order valence-electron chi connectivity index (χ2n) is 15.2. The molecule has 0 bridgehead atoms. The van der Waals surface area contributed by atoms with E-state index in [1.54, 1.807) is 61.7 Å². The number of carbonyl (C=O) groups excluding carboxylic acids is 3. The van der Waals surface area contributed by atoms with E-state index in [-0.39, 0.29) is 12.3 Å². The molecule has 3 aliphatic rings. The van der Waals surface area contributed by atoms with Crippen LogP contribution in [-0.2, 0) is 24.5 Å². The van der Waals surface area contributed by atoms with E-state index in [9.17, 15) is 15.0 Å². The molecule has 4 N–H and O–H groups in total. The van der Waals surface area contributed by atoms with Crippen molar-refractivity contribution in [1.82, 2.24) is 10.2 Å². The zero-order chi connectivity index (χ0) is 41.4. The molecule has 0 saturated carbocycles.